The van der Waals surface area contributed by atoms with Gasteiger partial charge < -0.3 is 4.74 Å². The monoisotopic (exact) mass is 401 g/mol. The minimum absolute atomic E-state index is 0.0292. The highest BCUT2D eigenvalue weighted by molar-refractivity contribution is 7.99. The molecule has 3 aromatic carbocycles. The van der Waals surface area contributed by atoms with Crippen molar-refractivity contribution in [2.24, 2.45) is 0 Å². The predicted octanol–water partition coefficient (Wildman–Crippen LogP) is 4.92. The average molecular weight is 401 g/mol. The molecule has 0 radical (unpaired) electrons. The van der Waals surface area contributed by atoms with Crippen molar-refractivity contribution < 1.29 is 9.53 Å². The van der Waals surface area contributed by atoms with Crippen LogP contribution in [0.25, 0.3) is 17.1 Å². The highest BCUT2D eigenvalue weighted by Gasteiger charge is 2.17. The third-order valence-corrected chi connectivity index (χ3v) is 5.35. The number of carbonyl (C=O) groups is 1. The summed E-state index contributed by atoms with van der Waals surface area (Å²) in [7, 11) is 1.60. The maximum Gasteiger partial charge on any atom is 0.196 e. The standard InChI is InChI=1S/C23H19N3O2S/c1-28-20-14-12-17(13-15-20)21(27)16-29-23-25-24-22(18-8-4-2-5-9-18)26(23)19-10-6-3-7-11-19/h2-15H,16H2,1H3. The molecule has 4 aromatic rings. The van der Waals surface area contributed by atoms with Crippen LogP contribution in [0.2, 0.25) is 0 Å². The highest BCUT2D eigenvalue weighted by Crippen LogP contribution is 2.28. The van der Waals surface area contributed by atoms with Gasteiger partial charge >= 0.3 is 0 Å². The second kappa shape index (κ2) is 8.75. The SMILES string of the molecule is COc1ccc(C(=O)CSc2nnc(-c3ccccc3)n2-c2ccccc2)cc1. The number of hydrogen-bond acceptors (Lipinski definition) is 5. The molecule has 29 heavy (non-hydrogen) atoms. The molecule has 0 unspecified atom stereocenters. The summed E-state index contributed by atoms with van der Waals surface area (Å²) in [5, 5.41) is 9.44. The van der Waals surface area contributed by atoms with E-state index in [2.05, 4.69) is 10.2 Å². The van der Waals surface area contributed by atoms with Gasteiger partial charge in [0.25, 0.3) is 0 Å². The molecule has 0 aliphatic heterocycles. The third kappa shape index (κ3) is 4.22. The molecule has 1 aromatic heterocycles. The lowest BCUT2D eigenvalue weighted by atomic mass is 10.1. The molecule has 0 saturated heterocycles. The van der Waals surface area contributed by atoms with Gasteiger partial charge in [0.1, 0.15) is 5.75 Å². The molecule has 5 nitrogen and oxygen atoms in total. The van der Waals surface area contributed by atoms with Crippen LogP contribution in [0.3, 0.4) is 0 Å². The minimum Gasteiger partial charge on any atom is -0.497 e. The molecular formula is C23H19N3O2S. The van der Waals surface area contributed by atoms with Crippen molar-refractivity contribution in [3.8, 4) is 22.8 Å². The van der Waals surface area contributed by atoms with Crippen LogP contribution in [0.15, 0.2) is 90.1 Å². The molecule has 0 spiro atoms. The summed E-state index contributed by atoms with van der Waals surface area (Å²) in [6.45, 7) is 0. The number of para-hydroxylation sites is 1. The largest absolute Gasteiger partial charge is 0.497 e. The summed E-state index contributed by atoms with van der Waals surface area (Å²) < 4.78 is 7.14. The zero-order valence-electron chi connectivity index (χ0n) is 15.9. The van der Waals surface area contributed by atoms with Gasteiger partial charge in [0.2, 0.25) is 0 Å². The van der Waals surface area contributed by atoms with E-state index in [-0.39, 0.29) is 11.5 Å². The fraction of sp³-hybridized carbons (Fsp3) is 0.0870. The van der Waals surface area contributed by atoms with E-state index in [9.17, 15) is 4.79 Å². The Hall–Kier alpha value is -3.38. The number of carbonyl (C=O) groups excluding carboxylic acids is 1. The van der Waals surface area contributed by atoms with E-state index in [0.717, 1.165) is 22.8 Å². The van der Waals surface area contributed by atoms with Crippen LogP contribution >= 0.6 is 11.8 Å². The number of thioether (sulfide) groups is 1. The number of nitrogens with zero attached hydrogens (tertiary/aromatic N) is 3. The molecule has 0 saturated carbocycles. The van der Waals surface area contributed by atoms with Gasteiger partial charge in [-0.3, -0.25) is 9.36 Å². The lowest BCUT2D eigenvalue weighted by Gasteiger charge is -2.10. The molecule has 0 fully saturated rings. The molecule has 144 valence electrons. The van der Waals surface area contributed by atoms with E-state index in [0.29, 0.717) is 10.7 Å². The van der Waals surface area contributed by atoms with Gasteiger partial charge in [-0.15, -0.1) is 10.2 Å². The molecular weight excluding hydrogens is 382 g/mol. The topological polar surface area (TPSA) is 57.0 Å². The van der Waals surface area contributed by atoms with E-state index in [1.165, 1.54) is 11.8 Å². The Balaban J connectivity index is 1.62. The molecule has 0 atom stereocenters. The van der Waals surface area contributed by atoms with Gasteiger partial charge in [-0.2, -0.15) is 0 Å². The molecule has 0 aliphatic carbocycles. The Bertz CT molecular complexity index is 1090. The second-order valence-electron chi connectivity index (χ2n) is 6.28. The van der Waals surface area contributed by atoms with Crippen molar-refractivity contribution in [1.82, 2.24) is 14.8 Å². The Morgan fingerprint density at radius 2 is 1.55 bits per heavy atom. The summed E-state index contributed by atoms with van der Waals surface area (Å²) in [5.74, 6) is 1.77. The Labute approximate surface area is 173 Å². The first-order valence-electron chi connectivity index (χ1n) is 9.12. The smallest absolute Gasteiger partial charge is 0.196 e. The normalized spacial score (nSPS) is 10.7. The average Bonchev–Trinajstić information content (AvgIpc) is 3.22. The number of aromatic nitrogens is 3. The van der Waals surface area contributed by atoms with Gasteiger partial charge in [-0.25, -0.2) is 0 Å². The number of benzene rings is 3. The Morgan fingerprint density at radius 1 is 0.897 bits per heavy atom. The number of Topliss-reactive ketones (excluding diaryl/α,β-unsaturated/α-hetero) is 1. The zero-order chi connectivity index (χ0) is 20.1. The summed E-state index contributed by atoms with van der Waals surface area (Å²) >= 11 is 1.38. The molecule has 0 aliphatic rings. The van der Waals surface area contributed by atoms with Crippen molar-refractivity contribution >= 4 is 17.5 Å². The summed E-state index contributed by atoms with van der Waals surface area (Å²) in [6, 6.07) is 27.0. The Morgan fingerprint density at radius 3 is 2.21 bits per heavy atom. The van der Waals surface area contributed by atoms with E-state index < -0.39 is 0 Å². The number of methoxy groups -OCH3 is 1. The molecule has 6 heteroatoms. The summed E-state index contributed by atoms with van der Waals surface area (Å²) in [5.41, 5.74) is 2.57. The number of rotatable bonds is 7. The van der Waals surface area contributed by atoms with Crippen molar-refractivity contribution in [3.63, 3.8) is 0 Å². The van der Waals surface area contributed by atoms with E-state index in [4.69, 9.17) is 4.74 Å². The van der Waals surface area contributed by atoms with Crippen LogP contribution in [0.4, 0.5) is 0 Å². The molecule has 1 heterocycles. The first-order chi connectivity index (χ1) is 14.3. The van der Waals surface area contributed by atoms with Crippen LogP contribution in [0, 0.1) is 0 Å². The lowest BCUT2D eigenvalue weighted by Crippen LogP contribution is -2.05. The molecule has 0 bridgehead atoms. The summed E-state index contributed by atoms with van der Waals surface area (Å²) in [4.78, 5) is 12.6. The van der Waals surface area contributed by atoms with Gasteiger partial charge in [-0.1, -0.05) is 60.3 Å². The van der Waals surface area contributed by atoms with E-state index >= 15 is 0 Å². The minimum atomic E-state index is 0.0292. The van der Waals surface area contributed by atoms with Crippen LogP contribution in [0.5, 0.6) is 5.75 Å². The van der Waals surface area contributed by atoms with Crippen LogP contribution in [-0.4, -0.2) is 33.4 Å². The van der Waals surface area contributed by atoms with Gasteiger partial charge in [0.05, 0.1) is 12.9 Å². The summed E-state index contributed by atoms with van der Waals surface area (Å²) in [6.07, 6.45) is 0. The maximum absolute atomic E-state index is 12.6. The van der Waals surface area contributed by atoms with E-state index in [1.807, 2.05) is 65.2 Å². The zero-order valence-corrected chi connectivity index (χ0v) is 16.7. The van der Waals surface area contributed by atoms with Crippen LogP contribution in [0.1, 0.15) is 10.4 Å². The van der Waals surface area contributed by atoms with Crippen molar-refractivity contribution in [1.29, 1.82) is 0 Å². The maximum atomic E-state index is 12.6. The quantitative estimate of drug-likeness (QED) is 0.325. The fourth-order valence-corrected chi connectivity index (χ4v) is 3.78. The van der Waals surface area contributed by atoms with Gasteiger partial charge in [-0.05, 0) is 36.4 Å². The Kier molecular flexibility index (Phi) is 5.72. The fourth-order valence-electron chi connectivity index (χ4n) is 2.94. The predicted molar refractivity (Wildman–Crippen MR) is 115 cm³/mol. The molecule has 4 rings (SSSR count). The molecule has 0 N–H and O–H groups in total. The molecule has 0 amide bonds. The van der Waals surface area contributed by atoms with Crippen LogP contribution < -0.4 is 4.74 Å². The second-order valence-corrected chi connectivity index (χ2v) is 7.23. The van der Waals surface area contributed by atoms with Crippen molar-refractivity contribution in [3.05, 3.63) is 90.5 Å². The first-order valence-corrected chi connectivity index (χ1v) is 10.1. The highest BCUT2D eigenvalue weighted by atomic mass is 32.2. The van der Waals surface area contributed by atoms with E-state index in [1.54, 1.807) is 31.4 Å². The van der Waals surface area contributed by atoms with Crippen molar-refractivity contribution in [2.45, 2.75) is 5.16 Å². The number of ketones is 1. The van der Waals surface area contributed by atoms with Gasteiger partial charge in [0.15, 0.2) is 16.8 Å². The first kappa shape index (κ1) is 19.0. The lowest BCUT2D eigenvalue weighted by molar-refractivity contribution is 0.102. The third-order valence-electron chi connectivity index (χ3n) is 4.42. The number of ether oxygens (including phenoxy) is 1. The van der Waals surface area contributed by atoms with Crippen molar-refractivity contribution in [2.75, 3.05) is 12.9 Å². The van der Waals surface area contributed by atoms with Crippen LogP contribution in [-0.2, 0) is 0 Å². The number of hydrogen-bond donors (Lipinski definition) is 0. The van der Waals surface area contributed by atoms with Gasteiger partial charge in [0, 0.05) is 16.8 Å².